The van der Waals surface area contributed by atoms with E-state index in [2.05, 4.69) is 5.32 Å². The van der Waals surface area contributed by atoms with Gasteiger partial charge in [0.25, 0.3) is 0 Å². The zero-order valence-electron chi connectivity index (χ0n) is 10.4. The molecule has 1 aromatic carbocycles. The molecule has 0 aliphatic rings. The highest BCUT2D eigenvalue weighted by Gasteiger charge is 2.40. The molecule has 94 valence electrons. The zero-order valence-corrected chi connectivity index (χ0v) is 11.4. The molecule has 0 radical (unpaired) electrons. The summed E-state index contributed by atoms with van der Waals surface area (Å²) >= 11 is 0. The summed E-state index contributed by atoms with van der Waals surface area (Å²) in [7, 11) is 1.81. The SMILES string of the molecule is CO[Si](OC)(OC)c1cccc(NC(C)=O)c1. The summed E-state index contributed by atoms with van der Waals surface area (Å²) in [5.41, 5.74) is 0.693. The minimum absolute atomic E-state index is 0.123. The molecule has 1 N–H and O–H groups in total. The molecule has 0 heterocycles. The van der Waals surface area contributed by atoms with Crippen molar-refractivity contribution in [2.24, 2.45) is 0 Å². The largest absolute Gasteiger partial charge is 0.536 e. The summed E-state index contributed by atoms with van der Waals surface area (Å²) < 4.78 is 16.1. The monoisotopic (exact) mass is 255 g/mol. The normalized spacial score (nSPS) is 11.3. The Morgan fingerprint density at radius 2 is 1.76 bits per heavy atom. The number of hydrogen-bond acceptors (Lipinski definition) is 4. The first-order valence-electron chi connectivity index (χ1n) is 5.11. The highest BCUT2D eigenvalue weighted by molar-refractivity contribution is 6.75. The molecule has 1 amide bonds. The molecular weight excluding hydrogens is 238 g/mol. The molecule has 0 saturated carbocycles. The average Bonchev–Trinajstić information content (AvgIpc) is 2.32. The summed E-state index contributed by atoms with van der Waals surface area (Å²) in [6, 6.07) is 7.27. The molecule has 17 heavy (non-hydrogen) atoms. The third kappa shape index (κ3) is 3.13. The van der Waals surface area contributed by atoms with Gasteiger partial charge in [0.1, 0.15) is 0 Å². The molecule has 0 saturated heterocycles. The third-order valence-corrected chi connectivity index (χ3v) is 4.97. The maximum atomic E-state index is 11.0. The first kappa shape index (κ1) is 13.9. The van der Waals surface area contributed by atoms with Gasteiger partial charge in [-0.15, -0.1) is 0 Å². The van der Waals surface area contributed by atoms with E-state index in [1.54, 1.807) is 33.5 Å². The first-order valence-corrected chi connectivity index (χ1v) is 6.84. The van der Waals surface area contributed by atoms with Gasteiger partial charge in [-0.1, -0.05) is 12.1 Å². The van der Waals surface area contributed by atoms with E-state index in [-0.39, 0.29) is 5.91 Å². The second-order valence-corrected chi connectivity index (χ2v) is 6.35. The highest BCUT2D eigenvalue weighted by Crippen LogP contribution is 2.11. The zero-order chi connectivity index (χ0) is 12.9. The van der Waals surface area contributed by atoms with Crippen molar-refractivity contribution in [2.75, 3.05) is 26.6 Å². The van der Waals surface area contributed by atoms with Crippen molar-refractivity contribution in [1.29, 1.82) is 0 Å². The van der Waals surface area contributed by atoms with Crippen molar-refractivity contribution in [3.63, 3.8) is 0 Å². The molecule has 0 atom stereocenters. The van der Waals surface area contributed by atoms with Crippen LogP contribution >= 0.6 is 0 Å². The van der Waals surface area contributed by atoms with Crippen LogP contribution in [0, 0.1) is 0 Å². The minimum Gasteiger partial charge on any atom is -0.373 e. The smallest absolute Gasteiger partial charge is 0.373 e. The van der Waals surface area contributed by atoms with Crippen molar-refractivity contribution in [3.05, 3.63) is 24.3 Å². The van der Waals surface area contributed by atoms with Crippen molar-refractivity contribution in [1.82, 2.24) is 0 Å². The maximum Gasteiger partial charge on any atom is 0.536 e. The van der Waals surface area contributed by atoms with Crippen LogP contribution in [0.25, 0.3) is 0 Å². The van der Waals surface area contributed by atoms with Gasteiger partial charge in [-0.05, 0) is 12.1 Å². The lowest BCUT2D eigenvalue weighted by Crippen LogP contribution is -2.54. The van der Waals surface area contributed by atoms with Crippen LogP contribution in [0.5, 0.6) is 0 Å². The summed E-state index contributed by atoms with van der Waals surface area (Å²) in [6.07, 6.45) is 0. The summed E-state index contributed by atoms with van der Waals surface area (Å²) in [6.45, 7) is 1.46. The van der Waals surface area contributed by atoms with Gasteiger partial charge in [-0.3, -0.25) is 4.79 Å². The van der Waals surface area contributed by atoms with Gasteiger partial charge in [-0.2, -0.15) is 0 Å². The topological polar surface area (TPSA) is 56.8 Å². The molecule has 0 aliphatic heterocycles. The van der Waals surface area contributed by atoms with Crippen LogP contribution in [0.4, 0.5) is 5.69 Å². The average molecular weight is 255 g/mol. The second kappa shape index (κ2) is 5.92. The van der Waals surface area contributed by atoms with Gasteiger partial charge in [0.05, 0.1) is 0 Å². The van der Waals surface area contributed by atoms with Crippen molar-refractivity contribution in [3.8, 4) is 0 Å². The van der Waals surface area contributed by atoms with Crippen molar-refractivity contribution >= 4 is 25.6 Å². The van der Waals surface area contributed by atoms with Gasteiger partial charge in [-0.25, -0.2) is 0 Å². The number of amides is 1. The Morgan fingerprint density at radius 3 is 2.24 bits per heavy atom. The van der Waals surface area contributed by atoms with Crippen LogP contribution in [-0.4, -0.2) is 36.0 Å². The van der Waals surface area contributed by atoms with Crippen LogP contribution in [0.2, 0.25) is 0 Å². The molecule has 0 aliphatic carbocycles. The van der Waals surface area contributed by atoms with Gasteiger partial charge in [0.15, 0.2) is 0 Å². The third-order valence-electron chi connectivity index (χ3n) is 2.34. The summed E-state index contributed by atoms with van der Waals surface area (Å²) in [5.74, 6) is -0.123. The molecule has 1 rings (SSSR count). The van der Waals surface area contributed by atoms with Crippen LogP contribution in [0.15, 0.2) is 24.3 Å². The van der Waals surface area contributed by atoms with E-state index in [1.165, 1.54) is 6.92 Å². The lowest BCUT2D eigenvalue weighted by molar-refractivity contribution is -0.114. The Hall–Kier alpha value is -1.21. The van der Waals surface area contributed by atoms with Crippen LogP contribution < -0.4 is 10.5 Å². The number of carbonyl (C=O) groups excluding carboxylic acids is 1. The lowest BCUT2D eigenvalue weighted by atomic mass is 10.3. The quantitative estimate of drug-likeness (QED) is 0.788. The highest BCUT2D eigenvalue weighted by atomic mass is 28.4. The van der Waals surface area contributed by atoms with E-state index in [9.17, 15) is 4.79 Å². The van der Waals surface area contributed by atoms with E-state index < -0.39 is 8.80 Å². The van der Waals surface area contributed by atoms with E-state index in [1.807, 2.05) is 12.1 Å². The van der Waals surface area contributed by atoms with Gasteiger partial charge < -0.3 is 18.6 Å². The Morgan fingerprint density at radius 1 is 1.18 bits per heavy atom. The lowest BCUT2D eigenvalue weighted by Gasteiger charge is -2.24. The van der Waals surface area contributed by atoms with E-state index in [0.717, 1.165) is 5.19 Å². The predicted molar refractivity (Wildman–Crippen MR) is 67.2 cm³/mol. The number of carbonyl (C=O) groups is 1. The van der Waals surface area contributed by atoms with E-state index in [4.69, 9.17) is 13.3 Å². The molecule has 0 aromatic heterocycles. The van der Waals surface area contributed by atoms with Crippen molar-refractivity contribution in [2.45, 2.75) is 6.92 Å². The van der Waals surface area contributed by atoms with Gasteiger partial charge >= 0.3 is 8.80 Å². The standard InChI is InChI=1S/C11H17NO4Si/c1-9(13)12-10-6-5-7-11(8-10)17(14-2,15-3)16-4/h5-8H,1-4H3,(H,12,13). The molecular formula is C11H17NO4Si. The number of rotatable bonds is 5. The minimum atomic E-state index is -2.83. The second-order valence-electron chi connectivity index (χ2n) is 3.43. The number of nitrogens with one attached hydrogen (secondary N) is 1. The fourth-order valence-corrected chi connectivity index (χ4v) is 3.43. The Kier molecular flexibility index (Phi) is 4.82. The number of anilines is 1. The summed E-state index contributed by atoms with van der Waals surface area (Å²) in [5, 5.41) is 3.51. The molecule has 5 nitrogen and oxygen atoms in total. The molecule has 0 bridgehead atoms. The van der Waals surface area contributed by atoms with Crippen molar-refractivity contribution < 1.29 is 18.1 Å². The first-order chi connectivity index (χ1) is 8.07. The molecule has 0 fully saturated rings. The summed E-state index contributed by atoms with van der Waals surface area (Å²) in [4.78, 5) is 11.0. The fraction of sp³-hybridized carbons (Fsp3) is 0.364. The fourth-order valence-electron chi connectivity index (χ4n) is 1.59. The number of benzene rings is 1. The number of hydrogen-bond donors (Lipinski definition) is 1. The van der Waals surface area contributed by atoms with E-state index >= 15 is 0 Å². The van der Waals surface area contributed by atoms with Gasteiger partial charge in [0, 0.05) is 39.1 Å². The Balaban J connectivity index is 3.08. The van der Waals surface area contributed by atoms with Crippen LogP contribution in [-0.2, 0) is 18.1 Å². The molecule has 6 heteroatoms. The Labute approximate surface area is 102 Å². The predicted octanol–water partition coefficient (Wildman–Crippen LogP) is 0.730. The molecule has 0 unspecified atom stereocenters. The van der Waals surface area contributed by atoms with Gasteiger partial charge in [0.2, 0.25) is 5.91 Å². The Bertz CT molecular complexity index is 385. The van der Waals surface area contributed by atoms with Crippen LogP contribution in [0.1, 0.15) is 6.92 Å². The molecule has 0 spiro atoms. The maximum absolute atomic E-state index is 11.0. The van der Waals surface area contributed by atoms with Crippen LogP contribution in [0.3, 0.4) is 0 Å². The van der Waals surface area contributed by atoms with E-state index in [0.29, 0.717) is 5.69 Å². The molecule has 1 aromatic rings.